The highest BCUT2D eigenvalue weighted by Crippen LogP contribution is 2.33. The molecule has 4 rings (SSSR count). The van der Waals surface area contributed by atoms with Gasteiger partial charge in [0.25, 0.3) is 0 Å². The van der Waals surface area contributed by atoms with E-state index in [0.717, 1.165) is 25.2 Å². The Balaban J connectivity index is 1.66. The topological polar surface area (TPSA) is 28.2 Å². The van der Waals surface area contributed by atoms with Gasteiger partial charge in [-0.3, -0.25) is 4.98 Å². The van der Waals surface area contributed by atoms with Gasteiger partial charge < -0.3 is 10.2 Å². The van der Waals surface area contributed by atoms with Crippen LogP contribution in [-0.2, 0) is 0 Å². The van der Waals surface area contributed by atoms with E-state index in [2.05, 4.69) is 51.7 Å². The smallest absolute Gasteiger partial charge is 0.0703 e. The van der Waals surface area contributed by atoms with Gasteiger partial charge in [-0.1, -0.05) is 31.0 Å². The molecule has 2 fully saturated rings. The number of hydrogen-bond acceptors (Lipinski definition) is 3. The highest BCUT2D eigenvalue weighted by Gasteiger charge is 2.36. The lowest BCUT2D eigenvalue weighted by molar-refractivity contribution is 0.354. The minimum Gasteiger partial charge on any atom is -0.368 e. The van der Waals surface area contributed by atoms with Crippen LogP contribution in [0.3, 0.4) is 0 Å². The lowest BCUT2D eigenvalue weighted by Gasteiger charge is -2.34. The van der Waals surface area contributed by atoms with E-state index in [-0.39, 0.29) is 0 Å². The summed E-state index contributed by atoms with van der Waals surface area (Å²) in [6, 6.07) is 10.7. The number of fused-ring (bicyclic) bond motifs is 1. The Hall–Kier alpha value is -1.61. The summed E-state index contributed by atoms with van der Waals surface area (Å²) in [4.78, 5) is 7.19. The first kappa shape index (κ1) is 13.1. The van der Waals surface area contributed by atoms with Gasteiger partial charge in [-0.2, -0.15) is 0 Å². The molecule has 0 bridgehead atoms. The van der Waals surface area contributed by atoms with Gasteiger partial charge in [0.05, 0.1) is 17.4 Å². The van der Waals surface area contributed by atoms with E-state index in [0.29, 0.717) is 5.54 Å². The van der Waals surface area contributed by atoms with Crippen molar-refractivity contribution in [2.75, 3.05) is 24.5 Å². The van der Waals surface area contributed by atoms with Crippen molar-refractivity contribution in [2.45, 2.75) is 37.6 Å². The van der Waals surface area contributed by atoms with Crippen LogP contribution in [0.5, 0.6) is 0 Å². The number of para-hydroxylation sites is 1. The van der Waals surface area contributed by atoms with E-state index in [1.54, 1.807) is 0 Å². The molecule has 0 unspecified atom stereocenters. The van der Waals surface area contributed by atoms with Crippen LogP contribution in [0, 0.1) is 0 Å². The van der Waals surface area contributed by atoms with Crippen molar-refractivity contribution in [2.24, 2.45) is 0 Å². The van der Waals surface area contributed by atoms with Crippen LogP contribution in [0.1, 0.15) is 32.1 Å². The highest BCUT2D eigenvalue weighted by molar-refractivity contribution is 5.81. The fourth-order valence-corrected chi connectivity index (χ4v) is 3.96. The third-order valence-electron chi connectivity index (χ3n) is 5.10. The summed E-state index contributed by atoms with van der Waals surface area (Å²) in [5.41, 5.74) is 2.72. The fraction of sp³-hybridized carbons (Fsp3) is 0.500. The van der Waals surface area contributed by atoms with Gasteiger partial charge in [0.2, 0.25) is 0 Å². The number of anilines is 1. The van der Waals surface area contributed by atoms with Gasteiger partial charge in [0.1, 0.15) is 0 Å². The van der Waals surface area contributed by atoms with Crippen molar-refractivity contribution in [1.29, 1.82) is 0 Å². The Morgan fingerprint density at radius 3 is 2.86 bits per heavy atom. The Morgan fingerprint density at radius 1 is 1.10 bits per heavy atom. The summed E-state index contributed by atoms with van der Waals surface area (Å²) in [5, 5.41) is 5.08. The molecule has 3 heteroatoms. The van der Waals surface area contributed by atoms with Gasteiger partial charge >= 0.3 is 0 Å². The van der Waals surface area contributed by atoms with Crippen LogP contribution < -0.4 is 10.2 Å². The lowest BCUT2D eigenvalue weighted by atomic mass is 9.97. The van der Waals surface area contributed by atoms with E-state index in [9.17, 15) is 0 Å². The van der Waals surface area contributed by atoms with E-state index in [1.807, 2.05) is 0 Å². The number of nitrogens with one attached hydrogen (secondary N) is 1. The van der Waals surface area contributed by atoms with Crippen LogP contribution in [0.2, 0.25) is 0 Å². The SMILES string of the molecule is c1ccc2ncc(N3CCCNC4(CCCC4)C3)cc2c1. The molecule has 0 radical (unpaired) electrons. The van der Waals surface area contributed by atoms with Gasteiger partial charge in [0.15, 0.2) is 0 Å². The van der Waals surface area contributed by atoms with Crippen molar-refractivity contribution in [1.82, 2.24) is 10.3 Å². The molecule has 2 aliphatic rings. The summed E-state index contributed by atoms with van der Waals surface area (Å²) in [7, 11) is 0. The molecule has 0 atom stereocenters. The number of aromatic nitrogens is 1. The maximum absolute atomic E-state index is 4.64. The van der Waals surface area contributed by atoms with Gasteiger partial charge in [-0.25, -0.2) is 0 Å². The van der Waals surface area contributed by atoms with Crippen LogP contribution in [0.25, 0.3) is 10.9 Å². The summed E-state index contributed by atoms with van der Waals surface area (Å²) < 4.78 is 0. The number of hydrogen-bond donors (Lipinski definition) is 1. The summed E-state index contributed by atoms with van der Waals surface area (Å²) in [6.45, 7) is 3.42. The second kappa shape index (κ2) is 5.30. The zero-order chi connectivity index (χ0) is 14.1. The van der Waals surface area contributed by atoms with E-state index >= 15 is 0 Å². The molecule has 1 aromatic carbocycles. The average Bonchev–Trinajstić information content (AvgIpc) is 2.87. The fourth-order valence-electron chi connectivity index (χ4n) is 3.96. The highest BCUT2D eigenvalue weighted by atomic mass is 15.2. The molecule has 1 saturated heterocycles. The molecule has 3 nitrogen and oxygen atoms in total. The van der Waals surface area contributed by atoms with Crippen molar-refractivity contribution in [3.8, 4) is 0 Å². The Kier molecular flexibility index (Phi) is 3.30. The first-order valence-corrected chi connectivity index (χ1v) is 8.20. The monoisotopic (exact) mass is 281 g/mol. The molecule has 1 spiro atoms. The van der Waals surface area contributed by atoms with Gasteiger partial charge in [-0.05, 0) is 37.9 Å². The minimum atomic E-state index is 0.349. The molecular weight excluding hydrogens is 258 g/mol. The van der Waals surface area contributed by atoms with E-state index in [1.165, 1.54) is 43.2 Å². The molecule has 2 heterocycles. The quantitative estimate of drug-likeness (QED) is 0.869. The van der Waals surface area contributed by atoms with Crippen LogP contribution in [0.15, 0.2) is 36.5 Å². The standard InChI is InChI=1S/C18H23N3/c1-2-7-17-15(6-1)12-16(13-19-17)21-11-5-10-20-18(14-21)8-3-4-9-18/h1-2,6-7,12-13,20H,3-5,8-11,14H2. The molecule has 1 aliphatic carbocycles. The maximum Gasteiger partial charge on any atom is 0.0703 e. The average molecular weight is 281 g/mol. The molecule has 110 valence electrons. The number of pyridine rings is 1. The summed E-state index contributed by atoms with van der Waals surface area (Å²) in [5.74, 6) is 0. The second-order valence-corrected chi connectivity index (χ2v) is 6.58. The van der Waals surface area contributed by atoms with Crippen LogP contribution in [0.4, 0.5) is 5.69 Å². The lowest BCUT2D eigenvalue weighted by Crippen LogP contribution is -2.49. The molecule has 2 aromatic rings. The molecule has 1 aromatic heterocycles. The van der Waals surface area contributed by atoms with Crippen LogP contribution in [-0.4, -0.2) is 30.2 Å². The van der Waals surface area contributed by atoms with Gasteiger partial charge in [0, 0.05) is 24.0 Å². The van der Waals surface area contributed by atoms with Crippen molar-refractivity contribution in [3.63, 3.8) is 0 Å². The first-order valence-electron chi connectivity index (χ1n) is 8.20. The minimum absolute atomic E-state index is 0.349. The van der Waals surface area contributed by atoms with Crippen molar-refractivity contribution < 1.29 is 0 Å². The number of rotatable bonds is 1. The normalized spacial score (nSPS) is 21.8. The Labute approximate surface area is 126 Å². The zero-order valence-corrected chi connectivity index (χ0v) is 12.5. The summed E-state index contributed by atoms with van der Waals surface area (Å²) in [6.07, 6.45) is 8.66. The Bertz CT molecular complexity index is 631. The van der Waals surface area contributed by atoms with E-state index in [4.69, 9.17) is 0 Å². The third kappa shape index (κ3) is 2.51. The third-order valence-corrected chi connectivity index (χ3v) is 5.10. The molecule has 1 N–H and O–H groups in total. The largest absolute Gasteiger partial charge is 0.368 e. The summed E-state index contributed by atoms with van der Waals surface area (Å²) >= 11 is 0. The van der Waals surface area contributed by atoms with E-state index < -0.39 is 0 Å². The van der Waals surface area contributed by atoms with Gasteiger partial charge in [-0.15, -0.1) is 0 Å². The second-order valence-electron chi connectivity index (χ2n) is 6.58. The predicted octanol–water partition coefficient (Wildman–Crippen LogP) is 3.35. The zero-order valence-electron chi connectivity index (χ0n) is 12.5. The Morgan fingerprint density at radius 2 is 1.95 bits per heavy atom. The predicted molar refractivity (Wildman–Crippen MR) is 87.8 cm³/mol. The maximum atomic E-state index is 4.64. The molecule has 1 aliphatic heterocycles. The van der Waals surface area contributed by atoms with Crippen LogP contribution >= 0.6 is 0 Å². The van der Waals surface area contributed by atoms with Crippen molar-refractivity contribution >= 4 is 16.6 Å². The molecular formula is C18H23N3. The molecule has 0 amide bonds. The number of benzene rings is 1. The van der Waals surface area contributed by atoms with Crippen molar-refractivity contribution in [3.05, 3.63) is 36.5 Å². The first-order chi connectivity index (χ1) is 10.3. The molecule has 21 heavy (non-hydrogen) atoms. The molecule has 1 saturated carbocycles. The number of nitrogens with zero attached hydrogens (tertiary/aromatic N) is 2.